The van der Waals surface area contributed by atoms with E-state index in [0.717, 1.165) is 0 Å². The molecule has 0 aliphatic rings. The van der Waals surface area contributed by atoms with Crippen molar-refractivity contribution < 1.29 is 12.6 Å². The van der Waals surface area contributed by atoms with Crippen LogP contribution in [-0.4, -0.2) is 22.6 Å². The Hall–Kier alpha value is -0.920. The molecule has 0 aromatic heterocycles. The second-order valence-corrected chi connectivity index (χ2v) is 13.2. The van der Waals surface area contributed by atoms with Gasteiger partial charge in [-0.3, -0.25) is 0 Å². The number of hydrogen-bond acceptors (Lipinski definition) is 3. The molecular weight excluding hydrogens is 449 g/mol. The highest BCUT2D eigenvalue weighted by Gasteiger charge is 2.40. The van der Waals surface area contributed by atoms with Crippen LogP contribution in [0.25, 0.3) is 0 Å². The van der Waals surface area contributed by atoms with Gasteiger partial charge in [0.05, 0.1) is 31.9 Å². The first-order valence-electron chi connectivity index (χ1n) is 9.27. The van der Waals surface area contributed by atoms with Crippen molar-refractivity contribution in [3.8, 4) is 0 Å². The largest absolute Gasteiger partial charge is 0.242 e. The van der Waals surface area contributed by atoms with Crippen molar-refractivity contribution in [1.82, 2.24) is 4.72 Å². The zero-order valence-electron chi connectivity index (χ0n) is 17.1. The van der Waals surface area contributed by atoms with E-state index in [-0.39, 0.29) is 10.8 Å². The van der Waals surface area contributed by atoms with E-state index in [1.165, 1.54) is 0 Å². The molecule has 0 radical (unpaired) electrons. The van der Waals surface area contributed by atoms with Gasteiger partial charge in [-0.1, -0.05) is 61.3 Å². The van der Waals surface area contributed by atoms with Crippen molar-refractivity contribution in [2.45, 2.75) is 55.6 Å². The average molecular weight is 476 g/mol. The fourth-order valence-electron chi connectivity index (χ4n) is 3.04. The summed E-state index contributed by atoms with van der Waals surface area (Å²) < 4.78 is 42.6. The van der Waals surface area contributed by atoms with Crippen molar-refractivity contribution in [1.29, 1.82) is 0 Å². The van der Waals surface area contributed by atoms with E-state index in [1.807, 2.05) is 34.6 Å². The number of halogens is 2. The van der Waals surface area contributed by atoms with Gasteiger partial charge in [0.25, 0.3) is 0 Å². The van der Waals surface area contributed by atoms with Gasteiger partial charge >= 0.3 is 0 Å². The van der Waals surface area contributed by atoms with Crippen LogP contribution < -0.4 is 4.72 Å². The summed E-state index contributed by atoms with van der Waals surface area (Å²) in [7, 11) is -5.27. The lowest BCUT2D eigenvalue weighted by Gasteiger charge is -2.33. The number of nitrogens with one attached hydrogen (secondary N) is 1. The zero-order valence-corrected chi connectivity index (χ0v) is 20.3. The summed E-state index contributed by atoms with van der Waals surface area (Å²) in [4.78, 5) is 0.220. The topological polar surface area (TPSA) is 63.2 Å². The van der Waals surface area contributed by atoms with Crippen LogP contribution in [0.5, 0.6) is 0 Å². The number of benzene rings is 2. The average Bonchev–Trinajstić information content (AvgIpc) is 2.60. The van der Waals surface area contributed by atoms with Crippen LogP contribution in [0.2, 0.25) is 10.0 Å². The standard InChI is InChI=1S/C21H27Cl2NO3S2/c1-14(2)20(29(26,27)16-9-7-6-8-10-16)19(24-28(25)21(3,4)5)17-12-11-15(22)13-18(17)23/h6-14,19-20,24H,1-5H3/t19-,20+,28+/m1/s1. The number of sulfone groups is 1. The normalized spacial score (nSPS) is 15.9. The molecule has 4 nitrogen and oxygen atoms in total. The minimum absolute atomic E-state index is 0.220. The first kappa shape index (κ1) is 24.4. The highest BCUT2D eigenvalue weighted by Crippen LogP contribution is 2.37. The van der Waals surface area contributed by atoms with Crippen LogP contribution in [0.15, 0.2) is 53.4 Å². The van der Waals surface area contributed by atoms with Gasteiger partial charge in [0.2, 0.25) is 0 Å². The van der Waals surface area contributed by atoms with E-state index in [1.54, 1.807) is 48.5 Å². The quantitative estimate of drug-likeness (QED) is 0.567. The lowest BCUT2D eigenvalue weighted by Crippen LogP contribution is -2.45. The van der Waals surface area contributed by atoms with E-state index in [4.69, 9.17) is 23.2 Å². The van der Waals surface area contributed by atoms with E-state index in [0.29, 0.717) is 15.6 Å². The summed E-state index contributed by atoms with van der Waals surface area (Å²) in [6.07, 6.45) is 0. The molecule has 0 heterocycles. The molecule has 0 spiro atoms. The van der Waals surface area contributed by atoms with Crippen molar-refractivity contribution in [3.05, 3.63) is 64.1 Å². The Labute approximate surface area is 186 Å². The Kier molecular flexibility index (Phi) is 7.96. The first-order valence-corrected chi connectivity index (χ1v) is 12.7. The smallest absolute Gasteiger partial charge is 0.183 e. The van der Waals surface area contributed by atoms with Crippen LogP contribution in [0.4, 0.5) is 0 Å². The summed E-state index contributed by atoms with van der Waals surface area (Å²) in [5.74, 6) is -0.276. The molecular formula is C21H27Cl2NO3S2. The third-order valence-electron chi connectivity index (χ3n) is 4.50. The molecule has 0 fully saturated rings. The van der Waals surface area contributed by atoms with Gasteiger partial charge < -0.3 is 0 Å². The molecule has 0 amide bonds. The van der Waals surface area contributed by atoms with Gasteiger partial charge in [-0.25, -0.2) is 17.3 Å². The molecule has 29 heavy (non-hydrogen) atoms. The Morgan fingerprint density at radius 2 is 1.59 bits per heavy atom. The lowest BCUT2D eigenvalue weighted by molar-refractivity contribution is 0.461. The fraction of sp³-hybridized carbons (Fsp3) is 0.429. The van der Waals surface area contributed by atoms with E-state index < -0.39 is 36.9 Å². The van der Waals surface area contributed by atoms with Crippen molar-refractivity contribution in [3.63, 3.8) is 0 Å². The van der Waals surface area contributed by atoms with Gasteiger partial charge in [0, 0.05) is 10.0 Å². The maximum absolute atomic E-state index is 13.6. The third kappa shape index (κ3) is 5.82. The van der Waals surface area contributed by atoms with Crippen molar-refractivity contribution >= 4 is 44.0 Å². The summed E-state index contributed by atoms with van der Waals surface area (Å²) in [5, 5.41) is -0.119. The summed E-state index contributed by atoms with van der Waals surface area (Å²) >= 11 is 12.5. The van der Waals surface area contributed by atoms with E-state index in [9.17, 15) is 12.6 Å². The molecule has 2 aromatic rings. The number of rotatable bonds is 7. The molecule has 2 rings (SSSR count). The highest BCUT2D eigenvalue weighted by molar-refractivity contribution is 7.92. The molecule has 0 bridgehead atoms. The summed E-state index contributed by atoms with van der Waals surface area (Å²) in [6, 6.07) is 12.4. The first-order chi connectivity index (χ1) is 13.4. The molecule has 0 aliphatic carbocycles. The molecule has 8 heteroatoms. The Balaban J connectivity index is 2.67. The maximum Gasteiger partial charge on any atom is 0.183 e. The van der Waals surface area contributed by atoms with Crippen LogP contribution in [0.1, 0.15) is 46.2 Å². The summed E-state index contributed by atoms with van der Waals surface area (Å²) in [6.45, 7) is 9.15. The van der Waals surface area contributed by atoms with Gasteiger partial charge in [-0.15, -0.1) is 0 Å². The SMILES string of the molecule is CC(C)[C@@H]([C@H](N[S@@](=O)C(C)(C)C)c1ccc(Cl)cc1Cl)S(=O)(=O)c1ccccc1. The van der Waals surface area contributed by atoms with Gasteiger partial charge in [-0.2, -0.15) is 0 Å². The Bertz CT molecular complexity index is 971. The molecule has 0 saturated carbocycles. The molecule has 0 unspecified atom stereocenters. The molecule has 3 atom stereocenters. The second kappa shape index (κ2) is 9.48. The van der Waals surface area contributed by atoms with Gasteiger partial charge in [-0.05, 0) is 56.5 Å². The van der Waals surface area contributed by atoms with Crippen molar-refractivity contribution in [2.75, 3.05) is 0 Å². The fourth-order valence-corrected chi connectivity index (χ4v) is 6.65. The minimum Gasteiger partial charge on any atom is -0.242 e. The molecule has 0 saturated heterocycles. The predicted octanol–water partition coefficient (Wildman–Crippen LogP) is 5.58. The highest BCUT2D eigenvalue weighted by atomic mass is 35.5. The molecule has 0 aliphatic heterocycles. The zero-order chi connectivity index (χ0) is 22.0. The minimum atomic E-state index is -3.75. The van der Waals surface area contributed by atoms with Crippen LogP contribution in [-0.2, 0) is 20.8 Å². The molecule has 1 N–H and O–H groups in total. The van der Waals surface area contributed by atoms with Gasteiger partial charge in [0.1, 0.15) is 0 Å². The second-order valence-electron chi connectivity index (χ2n) is 8.21. The third-order valence-corrected chi connectivity index (χ3v) is 9.11. The van der Waals surface area contributed by atoms with Crippen LogP contribution in [0.3, 0.4) is 0 Å². The summed E-state index contributed by atoms with van der Waals surface area (Å²) in [5.41, 5.74) is 0.548. The van der Waals surface area contributed by atoms with Crippen LogP contribution in [0, 0.1) is 5.92 Å². The van der Waals surface area contributed by atoms with E-state index in [2.05, 4.69) is 4.72 Å². The molecule has 160 valence electrons. The van der Waals surface area contributed by atoms with Gasteiger partial charge in [0.15, 0.2) is 9.84 Å². The molecule has 2 aromatic carbocycles. The Morgan fingerprint density at radius 3 is 2.07 bits per heavy atom. The number of hydrogen-bond donors (Lipinski definition) is 1. The van der Waals surface area contributed by atoms with Crippen molar-refractivity contribution in [2.24, 2.45) is 5.92 Å². The van der Waals surface area contributed by atoms with E-state index >= 15 is 0 Å². The maximum atomic E-state index is 13.6. The lowest BCUT2D eigenvalue weighted by atomic mass is 9.97. The van der Waals surface area contributed by atoms with Crippen LogP contribution >= 0.6 is 23.2 Å². The predicted molar refractivity (Wildman–Crippen MR) is 122 cm³/mol. The monoisotopic (exact) mass is 475 g/mol. The Morgan fingerprint density at radius 1 is 1.00 bits per heavy atom.